The summed E-state index contributed by atoms with van der Waals surface area (Å²) in [5.41, 5.74) is 2.42. The Morgan fingerprint density at radius 1 is 0.970 bits per heavy atom. The van der Waals surface area contributed by atoms with Crippen molar-refractivity contribution in [2.24, 2.45) is 5.92 Å². The second-order valence-corrected chi connectivity index (χ2v) is 8.58. The number of rotatable bonds is 4. The van der Waals surface area contributed by atoms with Crippen LogP contribution in [0.3, 0.4) is 0 Å². The number of ether oxygens (including phenoxy) is 1. The Kier molecular flexibility index (Phi) is 5.36. The van der Waals surface area contributed by atoms with E-state index < -0.39 is 24.0 Å². The van der Waals surface area contributed by atoms with Gasteiger partial charge in [-0.15, -0.1) is 0 Å². The van der Waals surface area contributed by atoms with Gasteiger partial charge in [0.05, 0.1) is 40.6 Å². The number of fused-ring (bicyclic) bond motifs is 1. The number of carbonyl (C=O) groups excluding carboxylic acids is 2. The van der Waals surface area contributed by atoms with Crippen molar-refractivity contribution in [2.45, 2.75) is 12.1 Å². The lowest BCUT2D eigenvalue weighted by Crippen LogP contribution is -2.37. The Labute approximate surface area is 198 Å². The van der Waals surface area contributed by atoms with Gasteiger partial charge in [-0.2, -0.15) is 5.26 Å². The van der Waals surface area contributed by atoms with Crippen LogP contribution in [0, 0.1) is 17.2 Å². The predicted octanol–water partition coefficient (Wildman–Crippen LogP) is 4.38. The van der Waals surface area contributed by atoms with E-state index in [-0.39, 0.29) is 5.91 Å². The van der Waals surface area contributed by atoms with Crippen molar-refractivity contribution in [1.82, 2.24) is 0 Å². The number of amides is 2. The maximum absolute atomic E-state index is 13.6. The van der Waals surface area contributed by atoms with Gasteiger partial charge in [0.1, 0.15) is 11.7 Å². The summed E-state index contributed by atoms with van der Waals surface area (Å²) in [6, 6.07) is 22.8. The van der Waals surface area contributed by atoms with Gasteiger partial charge in [-0.1, -0.05) is 24.3 Å². The minimum Gasteiger partial charge on any atom is -0.496 e. The summed E-state index contributed by atoms with van der Waals surface area (Å²) in [6.45, 7) is 0. The normalized spacial score (nSPS) is 21.8. The fourth-order valence-corrected chi connectivity index (χ4v) is 4.92. The van der Waals surface area contributed by atoms with Gasteiger partial charge < -0.3 is 4.74 Å². The van der Waals surface area contributed by atoms with Crippen LogP contribution >= 0.6 is 15.9 Å². The molecule has 2 aliphatic heterocycles. The van der Waals surface area contributed by atoms with Crippen LogP contribution in [0.4, 0.5) is 11.4 Å². The van der Waals surface area contributed by atoms with Crippen molar-refractivity contribution in [3.05, 3.63) is 88.4 Å². The lowest BCUT2D eigenvalue weighted by Gasteiger charge is -2.29. The van der Waals surface area contributed by atoms with Crippen LogP contribution in [0.1, 0.15) is 17.2 Å². The molecule has 8 heteroatoms. The van der Waals surface area contributed by atoms with E-state index in [1.54, 1.807) is 36.4 Å². The second-order valence-electron chi connectivity index (χ2n) is 7.72. The molecule has 0 radical (unpaired) electrons. The average Bonchev–Trinajstić information content (AvgIpc) is 3.35. The molecule has 2 fully saturated rings. The van der Waals surface area contributed by atoms with Crippen molar-refractivity contribution >= 4 is 39.1 Å². The Balaban J connectivity index is 1.58. The molecule has 0 saturated carbocycles. The molecule has 2 aliphatic rings. The van der Waals surface area contributed by atoms with Crippen molar-refractivity contribution < 1.29 is 19.2 Å². The third-order valence-electron chi connectivity index (χ3n) is 5.90. The molecule has 164 valence electrons. The molecular weight excluding hydrogens is 486 g/mol. The number of nitrogens with zero attached hydrogens (tertiary/aromatic N) is 3. The van der Waals surface area contributed by atoms with Crippen LogP contribution in [0.25, 0.3) is 0 Å². The number of halogens is 1. The number of benzene rings is 3. The molecular formula is C25H18BrN3O4. The molecule has 0 aliphatic carbocycles. The highest BCUT2D eigenvalue weighted by atomic mass is 79.9. The smallest absolute Gasteiger partial charge is 0.266 e. The van der Waals surface area contributed by atoms with E-state index in [1.807, 2.05) is 54.6 Å². The highest BCUT2D eigenvalue weighted by molar-refractivity contribution is 9.10. The number of methoxy groups -OCH3 is 1. The molecule has 3 aromatic rings. The summed E-state index contributed by atoms with van der Waals surface area (Å²) in [4.78, 5) is 34.2. The molecule has 0 bridgehead atoms. The second kappa shape index (κ2) is 8.35. The van der Waals surface area contributed by atoms with Gasteiger partial charge in [-0.05, 0) is 70.0 Å². The van der Waals surface area contributed by atoms with Gasteiger partial charge in [-0.3, -0.25) is 14.4 Å². The van der Waals surface area contributed by atoms with Crippen LogP contribution < -0.4 is 14.7 Å². The number of hydrogen-bond donors (Lipinski definition) is 0. The fourth-order valence-electron chi connectivity index (χ4n) is 4.36. The van der Waals surface area contributed by atoms with Gasteiger partial charge >= 0.3 is 0 Å². The van der Waals surface area contributed by atoms with Crippen molar-refractivity contribution in [3.63, 3.8) is 0 Å². The van der Waals surface area contributed by atoms with Crippen molar-refractivity contribution in [3.8, 4) is 11.8 Å². The first-order chi connectivity index (χ1) is 16.0. The zero-order valence-electron chi connectivity index (χ0n) is 17.5. The van der Waals surface area contributed by atoms with E-state index >= 15 is 0 Å². The van der Waals surface area contributed by atoms with E-state index in [0.29, 0.717) is 17.0 Å². The van der Waals surface area contributed by atoms with Gasteiger partial charge in [0, 0.05) is 0 Å². The zero-order valence-corrected chi connectivity index (χ0v) is 19.1. The summed E-state index contributed by atoms with van der Waals surface area (Å²) in [6.07, 6.45) is -0.959. The molecule has 5 rings (SSSR count). The van der Waals surface area contributed by atoms with Crippen molar-refractivity contribution in [1.29, 1.82) is 5.26 Å². The van der Waals surface area contributed by atoms with E-state index in [0.717, 1.165) is 20.6 Å². The van der Waals surface area contributed by atoms with E-state index in [1.165, 1.54) is 0 Å². The summed E-state index contributed by atoms with van der Waals surface area (Å²) < 4.78 is 6.08. The lowest BCUT2D eigenvalue weighted by molar-refractivity contribution is -0.126. The van der Waals surface area contributed by atoms with Gasteiger partial charge in [0.25, 0.3) is 5.91 Å². The third kappa shape index (κ3) is 3.46. The predicted molar refractivity (Wildman–Crippen MR) is 124 cm³/mol. The summed E-state index contributed by atoms with van der Waals surface area (Å²) in [7, 11) is 1.58. The average molecular weight is 504 g/mol. The van der Waals surface area contributed by atoms with Crippen LogP contribution in [-0.4, -0.2) is 25.0 Å². The zero-order chi connectivity index (χ0) is 23.1. The van der Waals surface area contributed by atoms with Gasteiger partial charge in [0.2, 0.25) is 5.91 Å². The number of carbonyl (C=O) groups is 2. The quantitative estimate of drug-likeness (QED) is 0.491. The third-order valence-corrected chi connectivity index (χ3v) is 6.52. The Morgan fingerprint density at radius 2 is 1.70 bits per heavy atom. The number of imide groups is 1. The number of anilines is 2. The molecule has 0 aromatic heterocycles. The van der Waals surface area contributed by atoms with Crippen LogP contribution in [-0.2, 0) is 14.4 Å². The minimum absolute atomic E-state index is 0.343. The Bertz CT molecular complexity index is 1270. The first kappa shape index (κ1) is 21.2. The molecule has 3 atom stereocenters. The van der Waals surface area contributed by atoms with Crippen molar-refractivity contribution in [2.75, 3.05) is 17.1 Å². The van der Waals surface area contributed by atoms with E-state index in [9.17, 15) is 9.59 Å². The van der Waals surface area contributed by atoms with Gasteiger partial charge in [-0.25, -0.2) is 9.96 Å². The Morgan fingerprint density at radius 3 is 2.33 bits per heavy atom. The summed E-state index contributed by atoms with van der Waals surface area (Å²) in [5.74, 6) is -0.849. The largest absolute Gasteiger partial charge is 0.496 e. The molecule has 0 spiro atoms. The first-order valence-corrected chi connectivity index (χ1v) is 11.0. The number of hydrogen-bond acceptors (Lipinski definition) is 6. The van der Waals surface area contributed by atoms with Crippen LogP contribution in [0.5, 0.6) is 5.75 Å². The summed E-state index contributed by atoms with van der Waals surface area (Å²) in [5, 5.41) is 10.7. The maximum atomic E-state index is 13.6. The molecule has 0 unspecified atom stereocenters. The summed E-state index contributed by atoms with van der Waals surface area (Å²) >= 11 is 3.52. The number of hydroxylamine groups is 1. The molecule has 0 N–H and O–H groups in total. The molecule has 2 saturated heterocycles. The monoisotopic (exact) mass is 503 g/mol. The maximum Gasteiger partial charge on any atom is 0.266 e. The topological polar surface area (TPSA) is 82.9 Å². The lowest BCUT2D eigenvalue weighted by atomic mass is 9.90. The van der Waals surface area contributed by atoms with Gasteiger partial charge in [0.15, 0.2) is 6.10 Å². The molecule has 33 heavy (non-hydrogen) atoms. The van der Waals surface area contributed by atoms with Crippen LogP contribution in [0.15, 0.2) is 77.3 Å². The highest BCUT2D eigenvalue weighted by Gasteiger charge is 2.60. The fraction of sp³-hybridized carbons (Fsp3) is 0.160. The SMILES string of the molecule is COc1ccc([C@H]2[C@H]3C(=O)N(c4ccc(C#N)cc4)C(=O)[C@H]3ON2c2ccccc2)cc1Br. The molecule has 3 aromatic carbocycles. The van der Waals surface area contributed by atoms with E-state index in [2.05, 4.69) is 15.9 Å². The molecule has 2 heterocycles. The Hall–Kier alpha value is -3.67. The minimum atomic E-state index is -0.959. The first-order valence-electron chi connectivity index (χ1n) is 10.3. The van der Waals surface area contributed by atoms with E-state index in [4.69, 9.17) is 14.8 Å². The standard InChI is InChI=1S/C25H18BrN3O4/c1-32-20-12-9-16(13-19(20)26)22-21-23(33-29(22)18-5-3-2-4-6-18)25(31)28(24(21)30)17-10-7-15(14-27)8-11-17/h2-13,21-23H,1H3/t21-,22+,23+/m1/s1. The number of para-hydroxylation sites is 1. The molecule has 2 amide bonds. The number of nitriles is 1. The van der Waals surface area contributed by atoms with Crippen LogP contribution in [0.2, 0.25) is 0 Å². The molecule has 7 nitrogen and oxygen atoms in total. The highest BCUT2D eigenvalue weighted by Crippen LogP contribution is 2.48.